The Morgan fingerprint density at radius 2 is 1.55 bits per heavy atom. The number of hydrogen-bond donors (Lipinski definition) is 4. The normalized spacial score (nSPS) is 12.6. The number of fused-ring (bicyclic) bond motifs is 1. The van der Waals surface area contributed by atoms with Crippen molar-refractivity contribution in [3.63, 3.8) is 0 Å². The Kier molecular flexibility index (Phi) is 7.68. The second-order valence-corrected chi connectivity index (χ2v) is 11.0. The van der Waals surface area contributed by atoms with Crippen LogP contribution in [0, 0.1) is 12.8 Å². The Balaban J connectivity index is 1.48. The Hall–Kier alpha value is -3.99. The molecule has 0 spiro atoms. The molecule has 38 heavy (non-hydrogen) atoms. The fourth-order valence-electron chi connectivity index (χ4n) is 4.20. The SMILES string of the molecule is Cc1c(C(=O)Nc2ccc(-c3ccc(S(=O)(=O)N[C@H](C(=O)O)C(C)C)cc3)cc2)oc2cccc(CO)c12. The van der Waals surface area contributed by atoms with Crippen molar-refractivity contribution in [2.45, 2.75) is 38.3 Å². The number of rotatable bonds is 9. The van der Waals surface area contributed by atoms with E-state index < -0.39 is 33.9 Å². The van der Waals surface area contributed by atoms with Gasteiger partial charge in [-0.3, -0.25) is 9.59 Å². The van der Waals surface area contributed by atoms with Crippen LogP contribution in [0.1, 0.15) is 35.5 Å². The number of carbonyl (C=O) groups excluding carboxylic acids is 1. The minimum absolute atomic E-state index is 0.0393. The van der Waals surface area contributed by atoms with Crippen LogP contribution in [0.2, 0.25) is 0 Å². The summed E-state index contributed by atoms with van der Waals surface area (Å²) in [6.07, 6.45) is 0. The Morgan fingerprint density at radius 1 is 0.947 bits per heavy atom. The number of aliphatic hydroxyl groups is 1. The number of carbonyl (C=O) groups is 2. The second kappa shape index (κ2) is 10.8. The number of aliphatic hydroxyl groups excluding tert-OH is 1. The largest absolute Gasteiger partial charge is 0.480 e. The van der Waals surface area contributed by atoms with E-state index in [0.29, 0.717) is 22.4 Å². The van der Waals surface area contributed by atoms with Crippen molar-refractivity contribution in [1.82, 2.24) is 4.72 Å². The molecule has 0 fully saturated rings. The molecule has 0 aliphatic carbocycles. The van der Waals surface area contributed by atoms with Gasteiger partial charge in [0.15, 0.2) is 5.76 Å². The fraction of sp³-hybridized carbons (Fsp3) is 0.214. The molecule has 4 N–H and O–H groups in total. The molecule has 0 radical (unpaired) electrons. The van der Waals surface area contributed by atoms with Crippen molar-refractivity contribution in [3.8, 4) is 11.1 Å². The van der Waals surface area contributed by atoms with E-state index in [4.69, 9.17) is 4.42 Å². The summed E-state index contributed by atoms with van der Waals surface area (Å²) >= 11 is 0. The van der Waals surface area contributed by atoms with Gasteiger partial charge in [-0.25, -0.2) is 8.42 Å². The van der Waals surface area contributed by atoms with Crippen molar-refractivity contribution in [2.75, 3.05) is 5.32 Å². The number of hydrogen-bond acceptors (Lipinski definition) is 6. The number of benzene rings is 3. The molecule has 1 aromatic heterocycles. The van der Waals surface area contributed by atoms with Crippen LogP contribution in [0.15, 0.2) is 76.0 Å². The molecule has 0 aliphatic rings. The maximum atomic E-state index is 12.9. The van der Waals surface area contributed by atoms with Gasteiger partial charge in [0.1, 0.15) is 11.6 Å². The van der Waals surface area contributed by atoms with E-state index in [1.165, 1.54) is 12.1 Å². The first kappa shape index (κ1) is 27.1. The molecular formula is C28H28N2O7S. The summed E-state index contributed by atoms with van der Waals surface area (Å²) in [5, 5.41) is 22.4. The standard InChI is InChI=1S/C28H28N2O7S/c1-16(2)25(28(33)34)30-38(35,36)22-13-9-19(10-14-22)18-7-11-21(12-8-18)29-27(32)26-17(3)24-20(15-31)5-4-6-23(24)37-26/h4-14,16,25,30-31H,15H2,1-3H3,(H,29,32)(H,33,34)/t25-/m0/s1. The molecule has 1 atom stereocenters. The highest BCUT2D eigenvalue weighted by Crippen LogP contribution is 2.29. The van der Waals surface area contributed by atoms with Crippen LogP contribution in [-0.2, 0) is 21.4 Å². The quantitative estimate of drug-likeness (QED) is 0.246. The number of aryl methyl sites for hydroxylation is 1. The number of furan rings is 1. The van der Waals surface area contributed by atoms with Crippen LogP contribution in [0.25, 0.3) is 22.1 Å². The van der Waals surface area contributed by atoms with Crippen LogP contribution < -0.4 is 10.0 Å². The Morgan fingerprint density at radius 3 is 2.11 bits per heavy atom. The molecule has 1 amide bonds. The van der Waals surface area contributed by atoms with E-state index in [9.17, 15) is 28.2 Å². The van der Waals surface area contributed by atoms with Gasteiger partial charge in [-0.1, -0.05) is 50.2 Å². The fourth-order valence-corrected chi connectivity index (χ4v) is 5.54. The lowest BCUT2D eigenvalue weighted by Gasteiger charge is -2.18. The lowest BCUT2D eigenvalue weighted by atomic mass is 10.1. The summed E-state index contributed by atoms with van der Waals surface area (Å²) in [4.78, 5) is 24.2. The minimum Gasteiger partial charge on any atom is -0.480 e. The van der Waals surface area contributed by atoms with Crippen molar-refractivity contribution in [3.05, 3.63) is 83.6 Å². The molecule has 0 aliphatic heterocycles. The molecule has 9 nitrogen and oxygen atoms in total. The second-order valence-electron chi connectivity index (χ2n) is 9.24. The molecule has 10 heteroatoms. The first-order valence-corrected chi connectivity index (χ1v) is 13.4. The zero-order valence-corrected chi connectivity index (χ0v) is 21.9. The number of amides is 1. The van der Waals surface area contributed by atoms with E-state index in [1.54, 1.807) is 75.4 Å². The van der Waals surface area contributed by atoms with Crippen molar-refractivity contribution in [1.29, 1.82) is 0 Å². The Labute approximate surface area is 220 Å². The third kappa shape index (κ3) is 5.47. The number of nitrogens with one attached hydrogen (secondary N) is 2. The summed E-state index contributed by atoms with van der Waals surface area (Å²) in [6, 6.07) is 17.1. The molecule has 0 bridgehead atoms. The highest BCUT2D eigenvalue weighted by molar-refractivity contribution is 7.89. The number of carboxylic acid groups (broad SMARTS) is 1. The number of aliphatic carboxylic acids is 1. The van der Waals surface area contributed by atoms with Gasteiger partial charge < -0.3 is 19.9 Å². The lowest BCUT2D eigenvalue weighted by molar-refractivity contribution is -0.140. The maximum Gasteiger partial charge on any atom is 0.322 e. The molecule has 0 unspecified atom stereocenters. The van der Waals surface area contributed by atoms with Gasteiger partial charge in [-0.05, 0) is 59.9 Å². The van der Waals surface area contributed by atoms with Gasteiger partial charge in [0.05, 0.1) is 11.5 Å². The summed E-state index contributed by atoms with van der Waals surface area (Å²) in [5.41, 5.74) is 3.92. The van der Waals surface area contributed by atoms with Crippen molar-refractivity contribution >= 4 is 38.6 Å². The summed E-state index contributed by atoms with van der Waals surface area (Å²) in [7, 11) is -4.01. The number of anilines is 1. The maximum absolute atomic E-state index is 12.9. The van der Waals surface area contributed by atoms with Crippen LogP contribution in [-0.4, -0.2) is 36.5 Å². The average molecular weight is 537 g/mol. The minimum atomic E-state index is -4.01. The van der Waals surface area contributed by atoms with E-state index >= 15 is 0 Å². The molecule has 0 saturated carbocycles. The molecule has 4 aromatic rings. The van der Waals surface area contributed by atoms with Crippen molar-refractivity contribution in [2.24, 2.45) is 5.92 Å². The van der Waals surface area contributed by atoms with Crippen LogP contribution in [0.4, 0.5) is 5.69 Å². The van der Waals surface area contributed by atoms with Gasteiger partial charge in [-0.15, -0.1) is 0 Å². The Bertz CT molecular complexity index is 1590. The molecule has 3 aromatic carbocycles. The van der Waals surface area contributed by atoms with Crippen LogP contribution in [0.5, 0.6) is 0 Å². The summed E-state index contributed by atoms with van der Waals surface area (Å²) in [6.45, 7) is 4.86. The molecule has 198 valence electrons. The number of sulfonamides is 1. The third-order valence-electron chi connectivity index (χ3n) is 6.27. The first-order chi connectivity index (χ1) is 18.0. The summed E-state index contributed by atoms with van der Waals surface area (Å²) in [5.74, 6) is -1.91. The van der Waals surface area contributed by atoms with Gasteiger partial charge in [0, 0.05) is 16.6 Å². The van der Waals surface area contributed by atoms with E-state index in [0.717, 1.165) is 16.5 Å². The molecule has 0 saturated heterocycles. The highest BCUT2D eigenvalue weighted by Gasteiger charge is 2.28. The summed E-state index contributed by atoms with van der Waals surface area (Å²) < 4.78 is 33.3. The van der Waals surface area contributed by atoms with E-state index in [2.05, 4.69) is 10.0 Å². The van der Waals surface area contributed by atoms with E-state index in [-0.39, 0.29) is 17.3 Å². The topological polar surface area (TPSA) is 146 Å². The van der Waals surface area contributed by atoms with Crippen LogP contribution >= 0.6 is 0 Å². The monoisotopic (exact) mass is 536 g/mol. The van der Waals surface area contributed by atoms with Crippen LogP contribution in [0.3, 0.4) is 0 Å². The van der Waals surface area contributed by atoms with Gasteiger partial charge >= 0.3 is 5.97 Å². The smallest absolute Gasteiger partial charge is 0.322 e. The zero-order valence-electron chi connectivity index (χ0n) is 21.1. The van der Waals surface area contributed by atoms with Gasteiger partial charge in [0.2, 0.25) is 10.0 Å². The predicted octanol–water partition coefficient (Wildman–Crippen LogP) is 4.54. The third-order valence-corrected chi connectivity index (χ3v) is 7.73. The lowest BCUT2D eigenvalue weighted by Crippen LogP contribution is -2.44. The molecular weight excluding hydrogens is 508 g/mol. The number of carboxylic acids is 1. The predicted molar refractivity (Wildman–Crippen MR) is 143 cm³/mol. The molecule has 1 heterocycles. The van der Waals surface area contributed by atoms with Gasteiger partial charge in [0.25, 0.3) is 5.91 Å². The highest BCUT2D eigenvalue weighted by atomic mass is 32.2. The average Bonchev–Trinajstić information content (AvgIpc) is 3.24. The molecule has 4 rings (SSSR count). The van der Waals surface area contributed by atoms with Gasteiger partial charge in [-0.2, -0.15) is 4.72 Å². The van der Waals surface area contributed by atoms with Crippen molar-refractivity contribution < 1.29 is 32.6 Å². The zero-order chi connectivity index (χ0) is 27.6. The first-order valence-electron chi connectivity index (χ1n) is 11.9. The van der Waals surface area contributed by atoms with E-state index in [1.807, 2.05) is 0 Å².